The Morgan fingerprint density at radius 3 is 2.72 bits per heavy atom. The highest BCUT2D eigenvalue weighted by Gasteiger charge is 2.37. The summed E-state index contributed by atoms with van der Waals surface area (Å²) in [4.78, 5) is 4.11. The summed E-state index contributed by atoms with van der Waals surface area (Å²) in [6, 6.07) is 3.34. The molecule has 100 valence electrons. The van der Waals surface area contributed by atoms with Gasteiger partial charge < -0.3 is 5.11 Å². The Morgan fingerprint density at radius 2 is 2.17 bits per heavy atom. The van der Waals surface area contributed by atoms with Crippen LogP contribution >= 0.6 is 0 Å². The number of aliphatic hydroxyl groups excluding tert-OH is 1. The van der Waals surface area contributed by atoms with Crippen molar-refractivity contribution in [3.8, 4) is 0 Å². The van der Waals surface area contributed by atoms with E-state index in [2.05, 4.69) is 4.98 Å². The van der Waals surface area contributed by atoms with Crippen molar-refractivity contribution in [1.29, 1.82) is 0 Å². The molecule has 0 aromatic carbocycles. The lowest BCUT2D eigenvalue weighted by atomic mass is 10.3. The molecule has 18 heavy (non-hydrogen) atoms. The van der Waals surface area contributed by atoms with Crippen LogP contribution in [0.15, 0.2) is 29.4 Å². The number of hydrogen-bond donors (Lipinski definition) is 1. The zero-order valence-electron chi connectivity index (χ0n) is 10.2. The van der Waals surface area contributed by atoms with E-state index in [0.717, 1.165) is 12.8 Å². The molecule has 1 aliphatic carbocycles. The van der Waals surface area contributed by atoms with Gasteiger partial charge in [0.2, 0.25) is 10.0 Å². The molecule has 1 saturated carbocycles. The van der Waals surface area contributed by atoms with Gasteiger partial charge >= 0.3 is 0 Å². The van der Waals surface area contributed by atoms with Gasteiger partial charge in [-0.15, -0.1) is 0 Å². The second-order valence-corrected chi connectivity index (χ2v) is 6.36. The number of pyridine rings is 1. The number of rotatable bonds is 7. The Bertz CT molecular complexity index is 471. The average molecular weight is 270 g/mol. The van der Waals surface area contributed by atoms with Gasteiger partial charge in [-0.3, -0.25) is 4.98 Å². The smallest absolute Gasteiger partial charge is 0.244 e. The molecule has 0 spiro atoms. The lowest BCUT2D eigenvalue weighted by Crippen LogP contribution is -2.34. The standard InChI is InChI=1S/C12H18N2O3S/c15-9-2-1-8-14(11-5-6-11)18(16,17)12-4-3-7-13-10-12/h3-4,7,10-11,15H,1-2,5-6,8-9H2. The second kappa shape index (κ2) is 5.77. The van der Waals surface area contributed by atoms with Crippen molar-refractivity contribution in [1.82, 2.24) is 9.29 Å². The van der Waals surface area contributed by atoms with E-state index >= 15 is 0 Å². The summed E-state index contributed by atoms with van der Waals surface area (Å²) >= 11 is 0. The highest BCUT2D eigenvalue weighted by atomic mass is 32.2. The minimum absolute atomic E-state index is 0.103. The number of nitrogens with zero attached hydrogens (tertiary/aromatic N) is 2. The van der Waals surface area contributed by atoms with Crippen molar-refractivity contribution < 1.29 is 13.5 Å². The molecule has 0 amide bonds. The number of aromatic nitrogens is 1. The predicted molar refractivity (Wildman–Crippen MR) is 67.5 cm³/mol. The SMILES string of the molecule is O=S(=O)(c1cccnc1)N(CCCCO)C1CC1. The Balaban J connectivity index is 2.14. The molecule has 0 unspecified atom stereocenters. The first-order chi connectivity index (χ1) is 8.66. The molecule has 1 aliphatic rings. The van der Waals surface area contributed by atoms with E-state index in [-0.39, 0.29) is 17.5 Å². The van der Waals surface area contributed by atoms with Crippen molar-refractivity contribution in [3.05, 3.63) is 24.5 Å². The monoisotopic (exact) mass is 270 g/mol. The van der Waals surface area contributed by atoms with Gasteiger partial charge in [0.05, 0.1) is 0 Å². The molecule has 1 heterocycles. The van der Waals surface area contributed by atoms with Crippen molar-refractivity contribution in [2.45, 2.75) is 36.6 Å². The molecule has 1 aromatic heterocycles. The van der Waals surface area contributed by atoms with Crippen LogP contribution < -0.4 is 0 Å². The Labute approximate surface area is 108 Å². The number of hydrogen-bond acceptors (Lipinski definition) is 4. The van der Waals surface area contributed by atoms with Crippen molar-refractivity contribution in [2.24, 2.45) is 0 Å². The lowest BCUT2D eigenvalue weighted by Gasteiger charge is -2.21. The van der Waals surface area contributed by atoms with E-state index in [1.807, 2.05) is 0 Å². The fraction of sp³-hybridized carbons (Fsp3) is 0.583. The quantitative estimate of drug-likeness (QED) is 0.751. The van der Waals surface area contributed by atoms with Gasteiger partial charge in [0, 0.05) is 31.6 Å². The summed E-state index contributed by atoms with van der Waals surface area (Å²) in [5, 5.41) is 8.78. The van der Waals surface area contributed by atoms with Crippen LogP contribution in [0.4, 0.5) is 0 Å². The molecule has 1 aromatic rings. The first-order valence-corrected chi connectivity index (χ1v) is 7.63. The van der Waals surface area contributed by atoms with Crippen LogP contribution in [0.3, 0.4) is 0 Å². The van der Waals surface area contributed by atoms with Crippen LogP contribution in [-0.2, 0) is 10.0 Å². The van der Waals surface area contributed by atoms with Crippen LogP contribution in [0.2, 0.25) is 0 Å². The number of aliphatic hydroxyl groups is 1. The summed E-state index contributed by atoms with van der Waals surface area (Å²) in [6.07, 6.45) is 6.12. The van der Waals surface area contributed by atoms with Gasteiger partial charge in [0.1, 0.15) is 4.90 Å². The Hall–Kier alpha value is -0.980. The number of sulfonamides is 1. The largest absolute Gasteiger partial charge is 0.396 e. The van der Waals surface area contributed by atoms with Gasteiger partial charge in [-0.1, -0.05) is 0 Å². The first-order valence-electron chi connectivity index (χ1n) is 6.19. The number of unbranched alkanes of at least 4 members (excludes halogenated alkanes) is 1. The third kappa shape index (κ3) is 3.07. The van der Waals surface area contributed by atoms with E-state index in [1.54, 1.807) is 22.6 Å². The summed E-state index contributed by atoms with van der Waals surface area (Å²) in [7, 11) is -3.43. The van der Waals surface area contributed by atoms with Gasteiger partial charge in [0.25, 0.3) is 0 Å². The maximum Gasteiger partial charge on any atom is 0.244 e. The normalized spacial score (nSPS) is 16.1. The van der Waals surface area contributed by atoms with E-state index in [4.69, 9.17) is 5.11 Å². The van der Waals surface area contributed by atoms with Crippen molar-refractivity contribution in [3.63, 3.8) is 0 Å². The third-order valence-corrected chi connectivity index (χ3v) is 4.92. The van der Waals surface area contributed by atoms with Gasteiger partial charge in [-0.2, -0.15) is 4.31 Å². The van der Waals surface area contributed by atoms with Crippen LogP contribution in [0.1, 0.15) is 25.7 Å². The fourth-order valence-corrected chi connectivity index (χ4v) is 3.56. The van der Waals surface area contributed by atoms with E-state index in [1.165, 1.54) is 6.20 Å². The van der Waals surface area contributed by atoms with Crippen LogP contribution in [0, 0.1) is 0 Å². The zero-order valence-corrected chi connectivity index (χ0v) is 11.0. The van der Waals surface area contributed by atoms with Crippen molar-refractivity contribution in [2.75, 3.05) is 13.2 Å². The van der Waals surface area contributed by atoms with Crippen LogP contribution in [-0.4, -0.2) is 42.0 Å². The first kappa shape index (κ1) is 13.5. The summed E-state index contributed by atoms with van der Waals surface area (Å²) in [6.45, 7) is 0.577. The Kier molecular flexibility index (Phi) is 4.31. The minimum Gasteiger partial charge on any atom is -0.396 e. The molecule has 0 saturated heterocycles. The average Bonchev–Trinajstić information content (AvgIpc) is 3.20. The van der Waals surface area contributed by atoms with Crippen LogP contribution in [0.25, 0.3) is 0 Å². The maximum atomic E-state index is 12.4. The van der Waals surface area contributed by atoms with E-state index in [0.29, 0.717) is 19.4 Å². The minimum atomic E-state index is -3.43. The molecule has 2 rings (SSSR count). The molecule has 0 atom stereocenters. The molecule has 1 N–H and O–H groups in total. The Morgan fingerprint density at radius 1 is 1.39 bits per heavy atom. The van der Waals surface area contributed by atoms with E-state index < -0.39 is 10.0 Å². The van der Waals surface area contributed by atoms with Crippen molar-refractivity contribution >= 4 is 10.0 Å². The van der Waals surface area contributed by atoms with Gasteiger partial charge in [0.15, 0.2) is 0 Å². The predicted octanol–water partition coefficient (Wildman–Crippen LogP) is 1.01. The van der Waals surface area contributed by atoms with Gasteiger partial charge in [-0.05, 0) is 37.8 Å². The van der Waals surface area contributed by atoms with E-state index in [9.17, 15) is 8.42 Å². The zero-order chi connectivity index (χ0) is 13.0. The summed E-state index contributed by atoms with van der Waals surface area (Å²) in [5.41, 5.74) is 0. The van der Waals surface area contributed by atoms with Crippen LogP contribution in [0.5, 0.6) is 0 Å². The lowest BCUT2D eigenvalue weighted by molar-refractivity contribution is 0.275. The highest BCUT2D eigenvalue weighted by molar-refractivity contribution is 7.89. The van der Waals surface area contributed by atoms with Gasteiger partial charge in [-0.25, -0.2) is 8.42 Å². The summed E-state index contributed by atoms with van der Waals surface area (Å²) in [5.74, 6) is 0. The molecular formula is C12H18N2O3S. The fourth-order valence-electron chi connectivity index (χ4n) is 1.88. The topological polar surface area (TPSA) is 70.5 Å². The molecule has 0 radical (unpaired) electrons. The molecule has 0 aliphatic heterocycles. The maximum absolute atomic E-state index is 12.4. The third-order valence-electron chi connectivity index (χ3n) is 2.98. The molecule has 6 heteroatoms. The summed E-state index contributed by atoms with van der Waals surface area (Å²) < 4.78 is 26.4. The second-order valence-electron chi connectivity index (χ2n) is 4.47. The molecule has 0 bridgehead atoms. The highest BCUT2D eigenvalue weighted by Crippen LogP contribution is 2.32. The molecular weight excluding hydrogens is 252 g/mol. The molecule has 1 fully saturated rings. The molecule has 5 nitrogen and oxygen atoms in total.